The summed E-state index contributed by atoms with van der Waals surface area (Å²) in [6.45, 7) is 2.20. The molecule has 0 radical (unpaired) electrons. The predicted molar refractivity (Wildman–Crippen MR) is 86.6 cm³/mol. The minimum absolute atomic E-state index is 0.0100. The minimum Gasteiger partial charge on any atom is -0.496 e. The molecule has 2 aromatic carbocycles. The highest BCUT2D eigenvalue weighted by Crippen LogP contribution is 2.29. The van der Waals surface area contributed by atoms with Crippen LogP contribution in [0, 0.1) is 0 Å². The molecule has 0 aliphatic rings. The molecule has 0 spiro atoms. The molecule has 2 rings (SSSR count). The first kappa shape index (κ1) is 15.4. The van der Waals surface area contributed by atoms with Crippen molar-refractivity contribution in [2.75, 3.05) is 19.1 Å². The monoisotopic (exact) mass is 303 g/mol. The Hall–Kier alpha value is -2.00. The number of carbonyl (C=O) groups excluding carboxylic acids is 1. The average Bonchev–Trinajstić information content (AvgIpc) is 2.47. The number of Topliss-reactive ketones (excluding diaryl/α,β-unsaturated/α-hetero) is 1. The van der Waals surface area contributed by atoms with Crippen molar-refractivity contribution < 1.29 is 9.53 Å². The zero-order valence-electron chi connectivity index (χ0n) is 12.4. The summed E-state index contributed by atoms with van der Waals surface area (Å²) in [7, 11) is 3.62. The summed E-state index contributed by atoms with van der Waals surface area (Å²) in [6, 6.07) is 13.2. The normalized spacial score (nSPS) is 10.3. The van der Waals surface area contributed by atoms with Crippen molar-refractivity contribution in [1.29, 1.82) is 0 Å². The molecule has 3 nitrogen and oxygen atoms in total. The molecule has 0 unspecified atom stereocenters. The van der Waals surface area contributed by atoms with Gasteiger partial charge >= 0.3 is 0 Å². The number of carbonyl (C=O) groups is 1. The molecule has 0 atom stereocenters. The molecule has 0 N–H and O–H groups in total. The van der Waals surface area contributed by atoms with Crippen molar-refractivity contribution in [3.8, 4) is 5.75 Å². The van der Waals surface area contributed by atoms with Crippen molar-refractivity contribution in [2.24, 2.45) is 0 Å². The van der Waals surface area contributed by atoms with E-state index in [0.717, 1.165) is 17.0 Å². The van der Waals surface area contributed by atoms with Gasteiger partial charge in [0.05, 0.1) is 17.8 Å². The Labute approximate surface area is 130 Å². The van der Waals surface area contributed by atoms with Gasteiger partial charge in [-0.25, -0.2) is 0 Å². The lowest BCUT2D eigenvalue weighted by molar-refractivity contribution is 0.101. The Morgan fingerprint density at radius 3 is 2.57 bits per heavy atom. The number of anilines is 1. The molecule has 0 amide bonds. The molecule has 0 aromatic heterocycles. The van der Waals surface area contributed by atoms with Gasteiger partial charge in [-0.15, -0.1) is 0 Å². The fourth-order valence-corrected chi connectivity index (χ4v) is 2.53. The molecule has 0 fully saturated rings. The maximum atomic E-state index is 11.4. The van der Waals surface area contributed by atoms with Gasteiger partial charge in [-0.3, -0.25) is 4.79 Å². The van der Waals surface area contributed by atoms with Crippen LogP contribution in [0.1, 0.15) is 22.8 Å². The van der Waals surface area contributed by atoms with Crippen LogP contribution in [0.5, 0.6) is 5.75 Å². The number of hydrogen-bond donors (Lipinski definition) is 0. The van der Waals surface area contributed by atoms with Crippen LogP contribution in [-0.2, 0) is 6.54 Å². The summed E-state index contributed by atoms with van der Waals surface area (Å²) in [5, 5.41) is 0.570. The maximum Gasteiger partial charge on any atom is 0.159 e. The summed E-state index contributed by atoms with van der Waals surface area (Å²) in [6.07, 6.45) is 0. The van der Waals surface area contributed by atoms with E-state index in [1.165, 1.54) is 6.92 Å². The van der Waals surface area contributed by atoms with Gasteiger partial charge < -0.3 is 9.64 Å². The predicted octanol–water partition coefficient (Wildman–Crippen LogP) is 4.19. The van der Waals surface area contributed by atoms with Crippen molar-refractivity contribution in [1.82, 2.24) is 0 Å². The van der Waals surface area contributed by atoms with Gasteiger partial charge in [-0.1, -0.05) is 29.8 Å². The lowest BCUT2D eigenvalue weighted by atomic mass is 10.1. The second-order valence-corrected chi connectivity index (χ2v) is 5.30. The van der Waals surface area contributed by atoms with Gasteiger partial charge in [-0.05, 0) is 31.2 Å². The molecule has 0 heterocycles. The van der Waals surface area contributed by atoms with E-state index in [2.05, 4.69) is 0 Å². The molecule has 110 valence electrons. The quantitative estimate of drug-likeness (QED) is 0.776. The molecular formula is C17H18ClNO2. The number of hydrogen-bond acceptors (Lipinski definition) is 3. The summed E-state index contributed by atoms with van der Waals surface area (Å²) < 4.78 is 5.36. The third kappa shape index (κ3) is 3.56. The molecule has 0 aliphatic heterocycles. The zero-order chi connectivity index (χ0) is 15.4. The number of ether oxygens (including phenoxy) is 1. The molecule has 21 heavy (non-hydrogen) atoms. The van der Waals surface area contributed by atoms with Gasteiger partial charge in [0, 0.05) is 24.7 Å². The lowest BCUT2D eigenvalue weighted by Crippen LogP contribution is -2.17. The molecule has 0 saturated heterocycles. The molecule has 4 heteroatoms. The van der Waals surface area contributed by atoms with Gasteiger partial charge in [0.25, 0.3) is 0 Å². The Bertz CT molecular complexity index is 655. The van der Waals surface area contributed by atoms with Crippen LogP contribution in [0.3, 0.4) is 0 Å². The number of para-hydroxylation sites is 1. The van der Waals surface area contributed by atoms with Crippen LogP contribution in [0.4, 0.5) is 5.69 Å². The van der Waals surface area contributed by atoms with Crippen molar-refractivity contribution in [3.05, 3.63) is 58.6 Å². The zero-order valence-corrected chi connectivity index (χ0v) is 13.1. The van der Waals surface area contributed by atoms with E-state index in [0.29, 0.717) is 17.1 Å². The van der Waals surface area contributed by atoms with E-state index in [-0.39, 0.29) is 5.78 Å². The lowest BCUT2D eigenvalue weighted by Gasteiger charge is -2.22. The largest absolute Gasteiger partial charge is 0.496 e. The average molecular weight is 304 g/mol. The first-order valence-electron chi connectivity index (χ1n) is 6.66. The topological polar surface area (TPSA) is 29.5 Å². The highest BCUT2D eigenvalue weighted by Gasteiger charge is 2.11. The molecular weight excluding hydrogens is 286 g/mol. The highest BCUT2D eigenvalue weighted by atomic mass is 35.5. The fraction of sp³-hybridized carbons (Fsp3) is 0.235. The third-order valence-electron chi connectivity index (χ3n) is 3.37. The number of halogens is 1. The van der Waals surface area contributed by atoms with Gasteiger partial charge in [0.2, 0.25) is 0 Å². The number of methoxy groups -OCH3 is 1. The first-order valence-corrected chi connectivity index (χ1v) is 7.04. The smallest absolute Gasteiger partial charge is 0.159 e. The van der Waals surface area contributed by atoms with E-state index < -0.39 is 0 Å². The van der Waals surface area contributed by atoms with Crippen molar-refractivity contribution in [3.63, 3.8) is 0 Å². The van der Waals surface area contributed by atoms with E-state index in [1.807, 2.05) is 42.3 Å². The van der Waals surface area contributed by atoms with Crippen LogP contribution in [0.25, 0.3) is 0 Å². The van der Waals surface area contributed by atoms with E-state index in [9.17, 15) is 4.79 Å². The van der Waals surface area contributed by atoms with E-state index >= 15 is 0 Å². The summed E-state index contributed by atoms with van der Waals surface area (Å²) in [5.74, 6) is 0.858. The van der Waals surface area contributed by atoms with Gasteiger partial charge in [0.1, 0.15) is 5.75 Å². The third-order valence-corrected chi connectivity index (χ3v) is 3.67. The van der Waals surface area contributed by atoms with Crippen LogP contribution in [0.15, 0.2) is 42.5 Å². The standard InChI is InChI=1S/C17H18ClNO2/c1-12(20)13-8-9-16(15(18)10-13)19(2)11-14-6-4-5-7-17(14)21-3/h4-10H,11H2,1-3H3. The van der Waals surface area contributed by atoms with Crippen LogP contribution in [0.2, 0.25) is 5.02 Å². The molecule has 0 aliphatic carbocycles. The Kier molecular flexibility index (Phi) is 4.86. The van der Waals surface area contributed by atoms with Crippen molar-refractivity contribution >= 4 is 23.1 Å². The van der Waals surface area contributed by atoms with Gasteiger partial charge in [-0.2, -0.15) is 0 Å². The summed E-state index contributed by atoms with van der Waals surface area (Å²) in [5.41, 5.74) is 2.58. The van der Waals surface area contributed by atoms with Crippen LogP contribution >= 0.6 is 11.6 Å². The minimum atomic E-state index is 0.0100. The number of ketones is 1. The number of nitrogens with zero attached hydrogens (tertiary/aromatic N) is 1. The van der Waals surface area contributed by atoms with E-state index in [1.54, 1.807) is 19.2 Å². The number of rotatable bonds is 5. The van der Waals surface area contributed by atoms with Gasteiger partial charge in [0.15, 0.2) is 5.78 Å². The summed E-state index contributed by atoms with van der Waals surface area (Å²) in [4.78, 5) is 13.4. The first-order chi connectivity index (χ1) is 10.0. The molecule has 0 bridgehead atoms. The maximum absolute atomic E-state index is 11.4. The Balaban J connectivity index is 2.24. The Morgan fingerprint density at radius 2 is 1.95 bits per heavy atom. The SMILES string of the molecule is COc1ccccc1CN(C)c1ccc(C(C)=O)cc1Cl. The van der Waals surface area contributed by atoms with E-state index in [4.69, 9.17) is 16.3 Å². The van der Waals surface area contributed by atoms with Crippen LogP contribution < -0.4 is 9.64 Å². The summed E-state index contributed by atoms with van der Waals surface area (Å²) >= 11 is 6.28. The fourth-order valence-electron chi connectivity index (χ4n) is 2.21. The highest BCUT2D eigenvalue weighted by molar-refractivity contribution is 6.33. The molecule has 0 saturated carbocycles. The number of benzene rings is 2. The van der Waals surface area contributed by atoms with Crippen LogP contribution in [-0.4, -0.2) is 19.9 Å². The Morgan fingerprint density at radius 1 is 1.24 bits per heavy atom. The second-order valence-electron chi connectivity index (χ2n) is 4.89. The molecule has 2 aromatic rings. The second kappa shape index (κ2) is 6.64. The van der Waals surface area contributed by atoms with Crippen molar-refractivity contribution in [2.45, 2.75) is 13.5 Å².